The molecule has 0 N–H and O–H groups in total. The van der Waals surface area contributed by atoms with Crippen LogP contribution in [0.4, 0.5) is 4.39 Å². The number of rotatable bonds is 0. The van der Waals surface area contributed by atoms with Crippen LogP contribution in [0.3, 0.4) is 0 Å². The summed E-state index contributed by atoms with van der Waals surface area (Å²) in [5, 5.41) is 2.33. The van der Waals surface area contributed by atoms with Gasteiger partial charge in [0.25, 0.3) is 0 Å². The van der Waals surface area contributed by atoms with E-state index in [9.17, 15) is 4.39 Å². The summed E-state index contributed by atoms with van der Waals surface area (Å²) in [5.74, 6) is -0.304. The third-order valence-corrected chi connectivity index (χ3v) is 3.20. The highest BCUT2D eigenvalue weighted by atomic mass is 35.5. The normalized spacial score (nSPS) is 11.4. The van der Waals surface area contributed by atoms with Crippen molar-refractivity contribution in [3.05, 3.63) is 46.2 Å². The van der Waals surface area contributed by atoms with Gasteiger partial charge in [-0.05, 0) is 24.3 Å². The Morgan fingerprint density at radius 2 is 1.56 bits per heavy atom. The van der Waals surface area contributed by atoms with E-state index < -0.39 is 0 Å². The number of halogens is 3. The lowest BCUT2D eigenvalue weighted by molar-refractivity contribution is 0.626. The van der Waals surface area contributed by atoms with E-state index in [0.29, 0.717) is 26.6 Å². The Bertz CT molecular complexity index is 703. The summed E-state index contributed by atoms with van der Waals surface area (Å²) in [7, 11) is 0. The van der Waals surface area contributed by atoms with Gasteiger partial charge in [-0.2, -0.15) is 0 Å². The van der Waals surface area contributed by atoms with E-state index in [1.54, 1.807) is 18.2 Å². The molecule has 0 fully saturated rings. The summed E-state index contributed by atoms with van der Waals surface area (Å²) >= 11 is 11.8. The second-order valence-electron chi connectivity index (χ2n) is 3.51. The van der Waals surface area contributed by atoms with Crippen molar-refractivity contribution in [2.45, 2.75) is 0 Å². The molecule has 3 rings (SSSR count). The number of hydrogen-bond donors (Lipinski definition) is 0. The molecule has 80 valence electrons. The fourth-order valence-electron chi connectivity index (χ4n) is 1.74. The van der Waals surface area contributed by atoms with E-state index in [2.05, 4.69) is 0 Å². The minimum atomic E-state index is -0.304. The quantitative estimate of drug-likeness (QED) is 0.549. The molecule has 0 aliphatic carbocycles. The molecule has 3 aromatic rings. The predicted octanol–water partition coefficient (Wildman–Crippen LogP) is 5.03. The Morgan fingerprint density at radius 1 is 0.875 bits per heavy atom. The summed E-state index contributed by atoms with van der Waals surface area (Å²) in [6.07, 6.45) is 0. The van der Waals surface area contributed by atoms with Gasteiger partial charge in [0.15, 0.2) is 0 Å². The highest BCUT2D eigenvalue weighted by Crippen LogP contribution is 2.34. The molecule has 2 aromatic carbocycles. The zero-order valence-electron chi connectivity index (χ0n) is 7.93. The molecule has 0 aliphatic heterocycles. The van der Waals surface area contributed by atoms with E-state index in [4.69, 9.17) is 27.6 Å². The average Bonchev–Trinajstić information content (AvgIpc) is 2.57. The minimum absolute atomic E-state index is 0.304. The average molecular weight is 255 g/mol. The lowest BCUT2D eigenvalue weighted by atomic mass is 10.1. The molecular weight excluding hydrogens is 250 g/mol. The molecule has 0 radical (unpaired) electrons. The first kappa shape index (κ1) is 9.94. The first-order chi connectivity index (χ1) is 7.65. The van der Waals surface area contributed by atoms with Gasteiger partial charge in [-0.3, -0.25) is 0 Å². The standard InChI is InChI=1S/C12H5Cl2FO/c13-9-4-8-7-3-6(15)1-2-11(7)16-12(8)5-10(9)14/h1-5H. The third-order valence-electron chi connectivity index (χ3n) is 2.47. The number of furan rings is 1. The number of benzene rings is 2. The van der Waals surface area contributed by atoms with E-state index in [0.717, 1.165) is 5.39 Å². The van der Waals surface area contributed by atoms with Crippen LogP contribution in [0.1, 0.15) is 0 Å². The first-order valence-electron chi connectivity index (χ1n) is 4.62. The lowest BCUT2D eigenvalue weighted by Crippen LogP contribution is -1.72. The van der Waals surface area contributed by atoms with E-state index in [1.165, 1.54) is 12.1 Å². The van der Waals surface area contributed by atoms with Crippen LogP contribution in [0.15, 0.2) is 34.7 Å². The van der Waals surface area contributed by atoms with Crippen LogP contribution in [0.5, 0.6) is 0 Å². The van der Waals surface area contributed by atoms with Crippen LogP contribution in [-0.4, -0.2) is 0 Å². The monoisotopic (exact) mass is 254 g/mol. The van der Waals surface area contributed by atoms with Crippen molar-refractivity contribution in [3.8, 4) is 0 Å². The molecule has 1 aromatic heterocycles. The van der Waals surface area contributed by atoms with Crippen LogP contribution in [0, 0.1) is 5.82 Å². The second kappa shape index (κ2) is 3.37. The summed E-state index contributed by atoms with van der Waals surface area (Å²) in [5.41, 5.74) is 1.23. The van der Waals surface area contributed by atoms with Crippen LogP contribution in [0.25, 0.3) is 21.9 Å². The molecule has 0 bridgehead atoms. The topological polar surface area (TPSA) is 13.1 Å². The van der Waals surface area contributed by atoms with Gasteiger partial charge < -0.3 is 4.42 Å². The second-order valence-corrected chi connectivity index (χ2v) is 4.32. The van der Waals surface area contributed by atoms with E-state index in [1.807, 2.05) is 0 Å². The van der Waals surface area contributed by atoms with Gasteiger partial charge in [-0.1, -0.05) is 23.2 Å². The number of fused-ring (bicyclic) bond motifs is 3. The van der Waals surface area contributed by atoms with Gasteiger partial charge in [0.05, 0.1) is 10.0 Å². The summed E-state index contributed by atoms with van der Waals surface area (Å²) < 4.78 is 18.7. The molecular formula is C12H5Cl2FO. The van der Waals surface area contributed by atoms with E-state index in [-0.39, 0.29) is 5.82 Å². The molecule has 0 spiro atoms. The fourth-order valence-corrected chi connectivity index (χ4v) is 2.06. The predicted molar refractivity (Wildman–Crippen MR) is 63.7 cm³/mol. The van der Waals surface area contributed by atoms with Crippen molar-refractivity contribution >= 4 is 45.1 Å². The summed E-state index contributed by atoms with van der Waals surface area (Å²) in [6, 6.07) is 7.69. The van der Waals surface area contributed by atoms with Crippen LogP contribution < -0.4 is 0 Å². The highest BCUT2D eigenvalue weighted by molar-refractivity contribution is 6.43. The maximum absolute atomic E-state index is 13.1. The summed E-state index contributed by atoms with van der Waals surface area (Å²) in [6.45, 7) is 0. The Labute approximate surface area is 100 Å². The molecule has 1 nitrogen and oxygen atoms in total. The van der Waals surface area contributed by atoms with Crippen molar-refractivity contribution in [1.29, 1.82) is 0 Å². The Hall–Kier alpha value is -1.25. The Morgan fingerprint density at radius 3 is 2.38 bits per heavy atom. The molecule has 0 saturated heterocycles. The van der Waals surface area contributed by atoms with Gasteiger partial charge in [0, 0.05) is 16.8 Å². The smallest absolute Gasteiger partial charge is 0.137 e. The van der Waals surface area contributed by atoms with Crippen molar-refractivity contribution < 1.29 is 8.81 Å². The van der Waals surface area contributed by atoms with Gasteiger partial charge in [0.1, 0.15) is 17.0 Å². The van der Waals surface area contributed by atoms with Crippen molar-refractivity contribution in [2.24, 2.45) is 0 Å². The van der Waals surface area contributed by atoms with E-state index >= 15 is 0 Å². The van der Waals surface area contributed by atoms with Crippen molar-refractivity contribution in [2.75, 3.05) is 0 Å². The molecule has 0 atom stereocenters. The molecule has 4 heteroatoms. The van der Waals surface area contributed by atoms with Crippen molar-refractivity contribution in [3.63, 3.8) is 0 Å². The maximum Gasteiger partial charge on any atom is 0.137 e. The number of hydrogen-bond acceptors (Lipinski definition) is 1. The minimum Gasteiger partial charge on any atom is -0.456 e. The molecule has 16 heavy (non-hydrogen) atoms. The lowest BCUT2D eigenvalue weighted by Gasteiger charge is -1.94. The van der Waals surface area contributed by atoms with Crippen LogP contribution in [0.2, 0.25) is 10.0 Å². The molecule has 0 aliphatic rings. The molecule has 0 unspecified atom stereocenters. The van der Waals surface area contributed by atoms with Crippen LogP contribution in [-0.2, 0) is 0 Å². The van der Waals surface area contributed by atoms with Gasteiger partial charge in [-0.15, -0.1) is 0 Å². The molecule has 0 saturated carbocycles. The molecule has 0 amide bonds. The Balaban J connectivity index is 2.53. The SMILES string of the molecule is Fc1ccc2oc3cc(Cl)c(Cl)cc3c2c1. The molecule has 1 heterocycles. The fraction of sp³-hybridized carbons (Fsp3) is 0. The van der Waals surface area contributed by atoms with Gasteiger partial charge in [-0.25, -0.2) is 4.39 Å². The van der Waals surface area contributed by atoms with Gasteiger partial charge in [0.2, 0.25) is 0 Å². The first-order valence-corrected chi connectivity index (χ1v) is 5.37. The highest BCUT2D eigenvalue weighted by Gasteiger charge is 2.10. The van der Waals surface area contributed by atoms with Gasteiger partial charge >= 0.3 is 0 Å². The third kappa shape index (κ3) is 1.38. The Kier molecular flexibility index (Phi) is 2.09. The largest absolute Gasteiger partial charge is 0.456 e. The van der Waals surface area contributed by atoms with Crippen molar-refractivity contribution in [1.82, 2.24) is 0 Å². The summed E-state index contributed by atoms with van der Waals surface area (Å²) in [4.78, 5) is 0. The zero-order valence-corrected chi connectivity index (χ0v) is 9.44. The van der Waals surface area contributed by atoms with Crippen LogP contribution >= 0.6 is 23.2 Å². The maximum atomic E-state index is 13.1. The zero-order chi connectivity index (χ0) is 11.3.